The van der Waals surface area contributed by atoms with Crippen LogP contribution < -0.4 is 10.1 Å². The molecule has 0 saturated carbocycles. The Morgan fingerprint density at radius 3 is 2.57 bits per heavy atom. The molecule has 3 rings (SSSR count). The maximum Gasteiger partial charge on any atom is 0.299 e. The lowest BCUT2D eigenvalue weighted by molar-refractivity contribution is -0.145. The van der Waals surface area contributed by atoms with E-state index in [1.165, 1.54) is 7.05 Å². The van der Waals surface area contributed by atoms with E-state index in [1.807, 2.05) is 12.1 Å². The number of guanidine groups is 1. The van der Waals surface area contributed by atoms with Crippen molar-refractivity contribution in [1.29, 1.82) is 0 Å². The van der Waals surface area contributed by atoms with Crippen molar-refractivity contribution in [2.45, 2.75) is 25.3 Å². The van der Waals surface area contributed by atoms with Crippen LogP contribution in [0.15, 0.2) is 29.3 Å². The SMILES string of the molecule is COc1ccc(CCNC(=O)C2N=C(N3CCCCS3(=O)=O)N(C)C(=O)C2=O)cc1. The molecule has 1 N–H and O–H groups in total. The first-order valence-corrected chi connectivity index (χ1v) is 11.2. The summed E-state index contributed by atoms with van der Waals surface area (Å²) in [5.74, 6) is -2.22. The van der Waals surface area contributed by atoms with Gasteiger partial charge in [-0.15, -0.1) is 0 Å². The topological polar surface area (TPSA) is 125 Å². The summed E-state index contributed by atoms with van der Waals surface area (Å²) < 4.78 is 30.9. The number of ether oxygens (including phenoxy) is 1. The van der Waals surface area contributed by atoms with Crippen LogP contribution in [0.25, 0.3) is 0 Å². The summed E-state index contributed by atoms with van der Waals surface area (Å²) in [5, 5.41) is 2.60. The van der Waals surface area contributed by atoms with Gasteiger partial charge in [0.2, 0.25) is 16.0 Å². The summed E-state index contributed by atoms with van der Waals surface area (Å²) in [6.45, 7) is 0.380. The number of amides is 2. The summed E-state index contributed by atoms with van der Waals surface area (Å²) in [7, 11) is -0.802. The summed E-state index contributed by atoms with van der Waals surface area (Å²) >= 11 is 0. The Morgan fingerprint density at radius 2 is 1.93 bits per heavy atom. The predicted octanol–water partition coefficient (Wildman–Crippen LogP) is -0.455. The number of benzene rings is 1. The number of ketones is 1. The van der Waals surface area contributed by atoms with Crippen molar-refractivity contribution < 1.29 is 27.5 Å². The highest BCUT2D eigenvalue weighted by atomic mass is 32.2. The lowest BCUT2D eigenvalue weighted by Gasteiger charge is -2.35. The molecular weight excluding hydrogens is 412 g/mol. The standard InChI is InChI=1S/C19H24N4O6S/c1-22-18(26)16(24)15(21-19(22)23-11-3-4-12-30(23,27)28)17(25)20-10-9-13-5-7-14(29-2)8-6-13/h5-8,15H,3-4,9-12H2,1-2H3,(H,20,25). The van der Waals surface area contributed by atoms with Crippen LogP contribution in [-0.4, -0.2) is 80.2 Å². The van der Waals surface area contributed by atoms with Crippen LogP contribution in [-0.2, 0) is 30.8 Å². The maximum absolute atomic E-state index is 12.5. The van der Waals surface area contributed by atoms with Crippen LogP contribution in [0.5, 0.6) is 5.75 Å². The molecule has 2 amide bonds. The molecule has 11 heteroatoms. The van der Waals surface area contributed by atoms with E-state index in [1.54, 1.807) is 19.2 Å². The number of likely N-dealkylation sites (N-methyl/N-ethyl adjacent to an activating group) is 1. The molecule has 10 nitrogen and oxygen atoms in total. The van der Waals surface area contributed by atoms with Crippen molar-refractivity contribution in [3.63, 3.8) is 0 Å². The smallest absolute Gasteiger partial charge is 0.299 e. The Morgan fingerprint density at radius 1 is 1.23 bits per heavy atom. The first-order valence-electron chi connectivity index (χ1n) is 9.55. The average Bonchev–Trinajstić information content (AvgIpc) is 2.73. The van der Waals surface area contributed by atoms with E-state index < -0.39 is 33.7 Å². The average molecular weight is 436 g/mol. The normalized spacial score (nSPS) is 21.3. The highest BCUT2D eigenvalue weighted by Crippen LogP contribution is 2.19. The Bertz CT molecular complexity index is 973. The molecule has 0 aliphatic carbocycles. The number of carbonyl (C=O) groups excluding carboxylic acids is 3. The van der Waals surface area contributed by atoms with Crippen LogP contribution >= 0.6 is 0 Å². The van der Waals surface area contributed by atoms with Gasteiger partial charge in [0.15, 0.2) is 6.04 Å². The third-order valence-corrected chi connectivity index (χ3v) is 6.82. The second kappa shape index (κ2) is 8.82. The minimum atomic E-state index is -3.65. The number of hydrogen-bond donors (Lipinski definition) is 1. The molecule has 0 bridgehead atoms. The monoisotopic (exact) mass is 436 g/mol. The fourth-order valence-electron chi connectivity index (χ4n) is 3.28. The summed E-state index contributed by atoms with van der Waals surface area (Å²) in [4.78, 5) is 42.2. The number of methoxy groups -OCH3 is 1. The zero-order chi connectivity index (χ0) is 21.9. The van der Waals surface area contributed by atoms with Gasteiger partial charge in [-0.1, -0.05) is 12.1 Å². The minimum absolute atomic E-state index is 0.0687. The molecule has 30 heavy (non-hydrogen) atoms. The zero-order valence-electron chi connectivity index (χ0n) is 16.8. The molecule has 1 aromatic carbocycles. The molecule has 2 aliphatic heterocycles. The van der Waals surface area contributed by atoms with Crippen LogP contribution in [0.1, 0.15) is 18.4 Å². The number of hydrogen-bond acceptors (Lipinski definition) is 7. The number of sulfonamides is 1. The second-order valence-corrected chi connectivity index (χ2v) is 9.06. The lowest BCUT2D eigenvalue weighted by Crippen LogP contribution is -2.59. The van der Waals surface area contributed by atoms with E-state index in [4.69, 9.17) is 4.74 Å². The quantitative estimate of drug-likeness (QED) is 0.492. The molecule has 0 aromatic heterocycles. The highest BCUT2D eigenvalue weighted by Gasteiger charge is 2.43. The lowest BCUT2D eigenvalue weighted by atomic mass is 10.1. The van der Waals surface area contributed by atoms with Gasteiger partial charge >= 0.3 is 0 Å². The molecule has 0 radical (unpaired) electrons. The van der Waals surface area contributed by atoms with Crippen LogP contribution in [0.2, 0.25) is 0 Å². The number of nitrogens with one attached hydrogen (secondary N) is 1. The van der Waals surface area contributed by atoms with Gasteiger partial charge < -0.3 is 10.1 Å². The Balaban J connectivity index is 1.72. The number of aliphatic imine (C=N–C) groups is 1. The van der Waals surface area contributed by atoms with Crippen molar-refractivity contribution >= 4 is 33.6 Å². The summed E-state index contributed by atoms with van der Waals surface area (Å²) in [5.41, 5.74) is 0.950. The van der Waals surface area contributed by atoms with Gasteiger partial charge in [0.1, 0.15) is 5.75 Å². The van der Waals surface area contributed by atoms with Gasteiger partial charge in [-0.25, -0.2) is 17.7 Å². The van der Waals surface area contributed by atoms with Crippen molar-refractivity contribution in [2.24, 2.45) is 4.99 Å². The van der Waals surface area contributed by atoms with Gasteiger partial charge in [-0.05, 0) is 37.0 Å². The summed E-state index contributed by atoms with van der Waals surface area (Å²) in [6.07, 6.45) is 1.62. The number of nitrogens with zero attached hydrogens (tertiary/aromatic N) is 3. The van der Waals surface area contributed by atoms with Crippen LogP contribution in [0, 0.1) is 0 Å². The molecular formula is C19H24N4O6S. The van der Waals surface area contributed by atoms with Gasteiger partial charge in [-0.3, -0.25) is 19.3 Å². The minimum Gasteiger partial charge on any atom is -0.497 e. The van der Waals surface area contributed by atoms with Crippen LogP contribution in [0.3, 0.4) is 0 Å². The van der Waals surface area contributed by atoms with E-state index in [0.717, 1.165) is 14.8 Å². The van der Waals surface area contributed by atoms with E-state index in [0.29, 0.717) is 25.0 Å². The maximum atomic E-state index is 12.5. The second-order valence-electron chi connectivity index (χ2n) is 7.04. The Kier molecular flexibility index (Phi) is 6.40. The first kappa shape index (κ1) is 21.8. The summed E-state index contributed by atoms with van der Waals surface area (Å²) in [6, 6.07) is 5.70. The number of rotatable bonds is 5. The molecule has 1 saturated heterocycles. The predicted molar refractivity (Wildman–Crippen MR) is 108 cm³/mol. The molecule has 162 valence electrons. The molecule has 1 fully saturated rings. The highest BCUT2D eigenvalue weighted by molar-refractivity contribution is 7.89. The number of carbonyl (C=O) groups is 3. The fraction of sp³-hybridized carbons (Fsp3) is 0.474. The molecule has 1 unspecified atom stereocenters. The Labute approximate surface area is 174 Å². The third-order valence-electron chi connectivity index (χ3n) is 5.00. The van der Waals surface area contributed by atoms with Gasteiger partial charge in [0.05, 0.1) is 12.9 Å². The Hall–Kier alpha value is -2.95. The van der Waals surface area contributed by atoms with E-state index >= 15 is 0 Å². The third kappa shape index (κ3) is 4.45. The first-order chi connectivity index (χ1) is 14.2. The van der Waals surface area contributed by atoms with E-state index in [2.05, 4.69) is 10.3 Å². The van der Waals surface area contributed by atoms with Crippen molar-refractivity contribution in [3.05, 3.63) is 29.8 Å². The van der Waals surface area contributed by atoms with E-state index in [-0.39, 0.29) is 24.8 Å². The molecule has 2 heterocycles. The van der Waals surface area contributed by atoms with Crippen LogP contribution in [0.4, 0.5) is 0 Å². The zero-order valence-corrected chi connectivity index (χ0v) is 17.6. The molecule has 1 atom stereocenters. The van der Waals surface area contributed by atoms with E-state index in [9.17, 15) is 22.8 Å². The fourth-order valence-corrected chi connectivity index (χ4v) is 4.89. The van der Waals surface area contributed by atoms with Gasteiger partial charge in [0.25, 0.3) is 17.6 Å². The number of Topliss-reactive ketones (excluding diaryl/α,β-unsaturated/α-hetero) is 1. The van der Waals surface area contributed by atoms with Crippen molar-refractivity contribution in [2.75, 3.05) is 33.0 Å². The molecule has 0 spiro atoms. The van der Waals surface area contributed by atoms with Gasteiger partial charge in [-0.2, -0.15) is 0 Å². The van der Waals surface area contributed by atoms with Gasteiger partial charge in [0, 0.05) is 20.1 Å². The largest absolute Gasteiger partial charge is 0.497 e. The molecule has 2 aliphatic rings. The van der Waals surface area contributed by atoms with Crippen molar-refractivity contribution in [3.8, 4) is 5.75 Å². The molecule has 1 aromatic rings. The van der Waals surface area contributed by atoms with Crippen molar-refractivity contribution in [1.82, 2.24) is 14.5 Å².